The number of hydrogen-bond donors (Lipinski definition) is 0. The maximum Gasteiger partial charge on any atom is 0.311 e. The van der Waals surface area contributed by atoms with E-state index in [2.05, 4.69) is 20.7 Å². The molecule has 2 unspecified atom stereocenters. The summed E-state index contributed by atoms with van der Waals surface area (Å²) in [5.41, 5.74) is 2.92. The zero-order valence-electron chi connectivity index (χ0n) is 17.6. The van der Waals surface area contributed by atoms with Gasteiger partial charge in [-0.2, -0.15) is 5.10 Å². The topological polar surface area (TPSA) is 82.2 Å². The summed E-state index contributed by atoms with van der Waals surface area (Å²) in [6, 6.07) is 7.69. The van der Waals surface area contributed by atoms with Gasteiger partial charge in [-0.15, -0.1) is 0 Å². The van der Waals surface area contributed by atoms with Crippen LogP contribution < -0.4 is 0 Å². The van der Waals surface area contributed by atoms with Crippen LogP contribution >= 0.6 is 0 Å². The van der Waals surface area contributed by atoms with Crippen LogP contribution in [0.4, 0.5) is 0 Å². The number of aryl methyl sites for hydroxylation is 3. The maximum absolute atomic E-state index is 12.9. The van der Waals surface area contributed by atoms with E-state index in [-0.39, 0.29) is 23.8 Å². The molecule has 0 N–H and O–H groups in total. The van der Waals surface area contributed by atoms with Gasteiger partial charge in [-0.3, -0.25) is 14.3 Å². The predicted molar refractivity (Wildman–Crippen MR) is 111 cm³/mol. The van der Waals surface area contributed by atoms with E-state index >= 15 is 0 Å². The number of carbonyl (C=O) groups is 2. The summed E-state index contributed by atoms with van der Waals surface area (Å²) < 4.78 is 9.47. The molecule has 0 radical (unpaired) electrons. The van der Waals surface area contributed by atoms with Gasteiger partial charge >= 0.3 is 5.97 Å². The van der Waals surface area contributed by atoms with Gasteiger partial charge in [0.1, 0.15) is 5.82 Å². The van der Waals surface area contributed by atoms with Gasteiger partial charge < -0.3 is 14.2 Å². The highest BCUT2D eigenvalue weighted by Gasteiger charge is 2.40. The number of benzene rings is 1. The van der Waals surface area contributed by atoms with Gasteiger partial charge in [-0.05, 0) is 31.9 Å². The number of piperidine rings is 1. The van der Waals surface area contributed by atoms with Crippen molar-refractivity contribution >= 4 is 22.9 Å². The van der Waals surface area contributed by atoms with Crippen molar-refractivity contribution in [2.24, 2.45) is 13.0 Å². The molecule has 3 heterocycles. The van der Waals surface area contributed by atoms with E-state index in [0.717, 1.165) is 29.0 Å². The second-order valence-corrected chi connectivity index (χ2v) is 7.86. The Hall–Kier alpha value is -3.16. The number of hydrogen-bond acceptors (Lipinski definition) is 5. The quantitative estimate of drug-likeness (QED) is 0.462. The Morgan fingerprint density at radius 3 is 2.83 bits per heavy atom. The molecule has 0 saturated carbocycles. The molecule has 8 heteroatoms. The molecular formula is C22H27N5O3. The molecule has 1 aliphatic heterocycles. The smallest absolute Gasteiger partial charge is 0.311 e. The molecule has 2 aromatic heterocycles. The van der Waals surface area contributed by atoms with Crippen LogP contribution in [0.25, 0.3) is 11.0 Å². The van der Waals surface area contributed by atoms with E-state index in [4.69, 9.17) is 4.74 Å². The number of esters is 1. The number of ether oxygens (including phenoxy) is 1. The standard InChI is InChI=1S/C22H27N5O3/c1-15-24-18-7-4-5-8-19(18)27(15)11-6-12-30-22(29)17-9-10-20(28)26(3)21(17)16-13-23-25(2)14-16/h4-5,7-8,13-14,17,21H,6,9-12H2,1-3H3. The van der Waals surface area contributed by atoms with Gasteiger partial charge in [0.25, 0.3) is 0 Å². The number of nitrogens with zero attached hydrogens (tertiary/aromatic N) is 5. The summed E-state index contributed by atoms with van der Waals surface area (Å²) in [5.74, 6) is 0.352. The Labute approximate surface area is 175 Å². The molecule has 0 aliphatic carbocycles. The predicted octanol–water partition coefficient (Wildman–Crippen LogP) is 2.62. The molecule has 1 amide bonds. The molecule has 30 heavy (non-hydrogen) atoms. The lowest BCUT2D eigenvalue weighted by atomic mass is 9.86. The van der Waals surface area contributed by atoms with Gasteiger partial charge in [-0.1, -0.05) is 12.1 Å². The lowest BCUT2D eigenvalue weighted by Gasteiger charge is -2.37. The Kier molecular flexibility index (Phi) is 5.57. The summed E-state index contributed by atoms with van der Waals surface area (Å²) in [6.07, 6.45) is 5.12. The summed E-state index contributed by atoms with van der Waals surface area (Å²) >= 11 is 0. The van der Waals surface area contributed by atoms with Crippen molar-refractivity contribution in [3.05, 3.63) is 48.0 Å². The van der Waals surface area contributed by atoms with Crippen molar-refractivity contribution in [1.82, 2.24) is 24.2 Å². The van der Waals surface area contributed by atoms with E-state index in [0.29, 0.717) is 25.9 Å². The van der Waals surface area contributed by atoms with Crippen LogP contribution in [0.3, 0.4) is 0 Å². The zero-order valence-corrected chi connectivity index (χ0v) is 17.6. The van der Waals surface area contributed by atoms with E-state index in [1.54, 1.807) is 22.8 Å². The highest BCUT2D eigenvalue weighted by atomic mass is 16.5. The molecule has 0 bridgehead atoms. The van der Waals surface area contributed by atoms with E-state index in [1.165, 1.54) is 0 Å². The molecule has 2 atom stereocenters. The number of likely N-dealkylation sites (tertiary alicyclic amines) is 1. The fourth-order valence-corrected chi connectivity index (χ4v) is 4.31. The largest absolute Gasteiger partial charge is 0.465 e. The number of aromatic nitrogens is 4. The van der Waals surface area contributed by atoms with Crippen LogP contribution in [0.5, 0.6) is 0 Å². The minimum absolute atomic E-state index is 0.0374. The summed E-state index contributed by atoms with van der Waals surface area (Å²) in [7, 11) is 3.57. The van der Waals surface area contributed by atoms with Gasteiger partial charge in [0.2, 0.25) is 5.91 Å². The highest BCUT2D eigenvalue weighted by molar-refractivity contribution is 5.82. The number of rotatable bonds is 6. The van der Waals surface area contributed by atoms with Crippen LogP contribution in [0, 0.1) is 12.8 Å². The van der Waals surface area contributed by atoms with Crippen molar-refractivity contribution in [2.45, 2.75) is 38.8 Å². The third kappa shape index (κ3) is 3.81. The Balaban J connectivity index is 1.39. The lowest BCUT2D eigenvalue weighted by Crippen LogP contribution is -2.43. The third-order valence-corrected chi connectivity index (χ3v) is 5.85. The van der Waals surface area contributed by atoms with Crippen molar-refractivity contribution in [3.63, 3.8) is 0 Å². The van der Waals surface area contributed by atoms with Crippen molar-refractivity contribution in [2.75, 3.05) is 13.7 Å². The van der Waals surface area contributed by atoms with Crippen LogP contribution in [0.1, 0.15) is 36.7 Å². The summed E-state index contributed by atoms with van der Waals surface area (Å²) in [6.45, 7) is 3.05. The number of para-hydroxylation sites is 2. The average Bonchev–Trinajstić information content (AvgIpc) is 3.29. The molecule has 1 saturated heterocycles. The van der Waals surface area contributed by atoms with Crippen LogP contribution in [-0.4, -0.2) is 49.8 Å². The zero-order chi connectivity index (χ0) is 21.3. The number of fused-ring (bicyclic) bond motifs is 1. The summed E-state index contributed by atoms with van der Waals surface area (Å²) in [4.78, 5) is 31.3. The fourth-order valence-electron chi connectivity index (χ4n) is 4.31. The van der Waals surface area contributed by atoms with E-state index in [1.807, 2.05) is 38.4 Å². The minimum Gasteiger partial charge on any atom is -0.465 e. The van der Waals surface area contributed by atoms with Gasteiger partial charge in [-0.25, -0.2) is 4.98 Å². The number of carbonyl (C=O) groups excluding carboxylic acids is 2. The molecule has 3 aromatic rings. The molecule has 4 rings (SSSR count). The SMILES string of the molecule is Cc1nc2ccccc2n1CCCOC(=O)C1CCC(=O)N(C)C1c1cnn(C)c1. The normalized spacial score (nSPS) is 19.4. The third-order valence-electron chi connectivity index (χ3n) is 5.85. The molecule has 1 aliphatic rings. The molecule has 1 aromatic carbocycles. The van der Waals surface area contributed by atoms with Crippen molar-refractivity contribution in [3.8, 4) is 0 Å². The first kappa shape index (κ1) is 20.1. The second-order valence-electron chi connectivity index (χ2n) is 7.86. The first-order chi connectivity index (χ1) is 14.5. The van der Waals surface area contributed by atoms with Gasteiger partial charge in [0, 0.05) is 38.8 Å². The van der Waals surface area contributed by atoms with Gasteiger partial charge in [0.15, 0.2) is 0 Å². The van der Waals surface area contributed by atoms with Crippen LogP contribution in [0.2, 0.25) is 0 Å². The number of imidazole rings is 1. The van der Waals surface area contributed by atoms with Crippen LogP contribution in [-0.2, 0) is 27.9 Å². The van der Waals surface area contributed by atoms with Crippen molar-refractivity contribution in [1.29, 1.82) is 0 Å². The van der Waals surface area contributed by atoms with Crippen LogP contribution in [0.15, 0.2) is 36.7 Å². The van der Waals surface area contributed by atoms with Gasteiger partial charge in [0.05, 0.1) is 35.8 Å². The molecule has 158 valence electrons. The average molecular weight is 409 g/mol. The summed E-state index contributed by atoms with van der Waals surface area (Å²) in [5, 5.41) is 4.20. The lowest BCUT2D eigenvalue weighted by molar-refractivity contribution is -0.156. The first-order valence-corrected chi connectivity index (χ1v) is 10.3. The van der Waals surface area contributed by atoms with E-state index < -0.39 is 0 Å². The monoisotopic (exact) mass is 409 g/mol. The maximum atomic E-state index is 12.9. The highest BCUT2D eigenvalue weighted by Crippen LogP contribution is 2.36. The number of amides is 1. The van der Waals surface area contributed by atoms with Crippen molar-refractivity contribution < 1.29 is 14.3 Å². The second kappa shape index (κ2) is 8.30. The molecule has 1 fully saturated rings. The molecule has 8 nitrogen and oxygen atoms in total. The molecule has 0 spiro atoms. The molecular weight excluding hydrogens is 382 g/mol. The van der Waals surface area contributed by atoms with E-state index in [9.17, 15) is 9.59 Å². The first-order valence-electron chi connectivity index (χ1n) is 10.3. The minimum atomic E-state index is -0.382. The Morgan fingerprint density at radius 2 is 2.07 bits per heavy atom. The Morgan fingerprint density at radius 1 is 1.27 bits per heavy atom. The fraction of sp³-hybridized carbons (Fsp3) is 0.455. The Bertz CT molecular complexity index is 1070.